The number of alkyl halides is 2. The van der Waals surface area contributed by atoms with Crippen LogP contribution in [-0.2, 0) is 9.53 Å². The number of fused-ring (bicyclic) bond motifs is 1. The van der Waals surface area contributed by atoms with E-state index in [1.807, 2.05) is 4.90 Å². The van der Waals surface area contributed by atoms with Gasteiger partial charge in [-0.2, -0.15) is 9.97 Å². The molecule has 0 spiro atoms. The standard InChI is InChI=1S/C35H44F2N6O3/c36-32(37)33-39-28-3-1-2-4-29(28)43(33)30-17-31(41-34(40-30)42-9-11-45-12-10-42)46-27-7-5-22(6-8-27)16-26(44)21-38-35-18-23-13-24(19-35)15-25(14-23)20-35/h1-4,17,22-25,27,32,38H,5-16,18-21H2. The highest BCUT2D eigenvalue weighted by molar-refractivity contribution is 5.81. The third-order valence-corrected chi connectivity index (χ3v) is 11.3. The zero-order chi connectivity index (χ0) is 31.3. The lowest BCUT2D eigenvalue weighted by molar-refractivity contribution is -0.120. The van der Waals surface area contributed by atoms with Gasteiger partial charge >= 0.3 is 0 Å². The number of benzene rings is 1. The maximum Gasteiger partial charge on any atom is 0.296 e. The van der Waals surface area contributed by atoms with Crippen molar-refractivity contribution in [3.8, 4) is 11.7 Å². The predicted octanol–water partition coefficient (Wildman–Crippen LogP) is 6.04. The Hall–Kier alpha value is -3.18. The monoisotopic (exact) mass is 634 g/mol. The SMILES string of the molecule is O=C(CNC12CC3CC(CC(C3)C1)C2)CC1CCC(Oc2cc(-n3c(C(F)F)nc4ccccc43)nc(N3CCOCC3)n2)CC1. The number of carbonyl (C=O) groups excluding carboxylic acids is 1. The summed E-state index contributed by atoms with van der Waals surface area (Å²) in [5.74, 6) is 4.04. The maximum absolute atomic E-state index is 14.2. The van der Waals surface area contributed by atoms with Crippen LogP contribution in [0.15, 0.2) is 30.3 Å². The summed E-state index contributed by atoms with van der Waals surface area (Å²) >= 11 is 0. The first kappa shape index (κ1) is 30.2. The molecule has 0 atom stereocenters. The third-order valence-electron chi connectivity index (χ3n) is 11.3. The molecule has 4 bridgehead atoms. The Bertz CT molecular complexity index is 1530. The normalized spacial score (nSPS) is 30.8. The highest BCUT2D eigenvalue weighted by Gasteiger charge is 2.50. The fourth-order valence-corrected chi connectivity index (χ4v) is 9.54. The number of anilines is 1. The molecule has 246 valence electrons. The molecule has 0 radical (unpaired) electrons. The minimum Gasteiger partial charge on any atom is -0.474 e. The fourth-order valence-electron chi connectivity index (χ4n) is 9.54. The van der Waals surface area contributed by atoms with E-state index in [4.69, 9.17) is 19.4 Å². The van der Waals surface area contributed by atoms with Gasteiger partial charge < -0.3 is 19.7 Å². The summed E-state index contributed by atoms with van der Waals surface area (Å²) in [4.78, 5) is 28.8. The molecular formula is C35H44F2N6O3. The summed E-state index contributed by atoms with van der Waals surface area (Å²) in [5.41, 5.74) is 1.25. The summed E-state index contributed by atoms with van der Waals surface area (Å²) in [5, 5.41) is 3.78. The van der Waals surface area contributed by atoms with Crippen molar-refractivity contribution in [1.29, 1.82) is 0 Å². The van der Waals surface area contributed by atoms with Crippen LogP contribution in [0.1, 0.15) is 82.9 Å². The Kier molecular flexibility index (Phi) is 8.16. The minimum absolute atomic E-state index is 0.0640. The van der Waals surface area contributed by atoms with Gasteiger partial charge in [-0.1, -0.05) is 12.1 Å². The Morgan fingerprint density at radius 2 is 1.67 bits per heavy atom. The van der Waals surface area contributed by atoms with Crippen molar-refractivity contribution in [1.82, 2.24) is 24.8 Å². The minimum atomic E-state index is -2.78. The maximum atomic E-state index is 14.2. The number of morpholine rings is 1. The molecule has 3 aromatic rings. The van der Waals surface area contributed by atoms with Crippen molar-refractivity contribution in [2.24, 2.45) is 23.7 Å². The number of rotatable bonds is 10. The van der Waals surface area contributed by atoms with Gasteiger partial charge in [0.2, 0.25) is 11.8 Å². The second-order valence-corrected chi connectivity index (χ2v) is 14.6. The van der Waals surface area contributed by atoms with Crippen LogP contribution >= 0.6 is 0 Å². The summed E-state index contributed by atoms with van der Waals surface area (Å²) in [6.07, 6.45) is 9.25. The van der Waals surface area contributed by atoms with Crippen molar-refractivity contribution in [2.45, 2.75) is 88.7 Å². The first-order chi connectivity index (χ1) is 22.4. The van der Waals surface area contributed by atoms with Crippen LogP contribution < -0.4 is 15.0 Å². The Morgan fingerprint density at radius 1 is 0.978 bits per heavy atom. The molecule has 46 heavy (non-hydrogen) atoms. The van der Waals surface area contributed by atoms with E-state index in [2.05, 4.69) is 10.3 Å². The van der Waals surface area contributed by atoms with E-state index in [0.717, 1.165) is 43.4 Å². The number of imidazole rings is 1. The molecule has 1 N–H and O–H groups in total. The molecule has 1 aromatic carbocycles. The average Bonchev–Trinajstić information content (AvgIpc) is 3.45. The molecule has 11 heteroatoms. The number of hydrogen-bond donors (Lipinski definition) is 1. The van der Waals surface area contributed by atoms with Gasteiger partial charge in [-0.15, -0.1) is 0 Å². The molecule has 0 unspecified atom stereocenters. The largest absolute Gasteiger partial charge is 0.474 e. The number of nitrogens with one attached hydrogen (secondary N) is 1. The quantitative estimate of drug-likeness (QED) is 0.288. The van der Waals surface area contributed by atoms with Crippen LogP contribution in [0.2, 0.25) is 0 Å². The fraction of sp³-hybridized carbons (Fsp3) is 0.657. The molecule has 9 nitrogen and oxygen atoms in total. The van der Waals surface area contributed by atoms with Gasteiger partial charge in [-0.25, -0.2) is 13.8 Å². The van der Waals surface area contributed by atoms with Crippen LogP contribution in [0.5, 0.6) is 5.88 Å². The third kappa shape index (κ3) is 6.12. The number of carbonyl (C=O) groups is 1. The highest BCUT2D eigenvalue weighted by Crippen LogP contribution is 2.55. The van der Waals surface area contributed by atoms with E-state index >= 15 is 0 Å². The van der Waals surface area contributed by atoms with E-state index in [1.165, 1.54) is 43.1 Å². The number of ether oxygens (including phenoxy) is 2. The Labute approximate surface area is 268 Å². The molecule has 9 rings (SSSR count). The van der Waals surface area contributed by atoms with Crippen molar-refractivity contribution in [3.05, 3.63) is 36.2 Å². The molecular weight excluding hydrogens is 590 g/mol. The van der Waals surface area contributed by atoms with Crippen LogP contribution in [0, 0.1) is 23.7 Å². The first-order valence-electron chi connectivity index (χ1n) is 17.3. The zero-order valence-electron chi connectivity index (χ0n) is 26.4. The number of para-hydroxylation sites is 2. The molecule has 5 aliphatic carbocycles. The van der Waals surface area contributed by atoms with Crippen molar-refractivity contribution >= 4 is 22.8 Å². The topological polar surface area (TPSA) is 94.4 Å². The summed E-state index contributed by atoms with van der Waals surface area (Å²) in [7, 11) is 0. The van der Waals surface area contributed by atoms with Crippen LogP contribution in [0.3, 0.4) is 0 Å². The lowest BCUT2D eigenvalue weighted by Gasteiger charge is -2.57. The molecule has 5 saturated carbocycles. The number of aromatic nitrogens is 4. The molecule has 1 aliphatic heterocycles. The second kappa shape index (κ2) is 12.4. The molecule has 1 saturated heterocycles. The van der Waals surface area contributed by atoms with Crippen LogP contribution in [0.25, 0.3) is 16.9 Å². The van der Waals surface area contributed by atoms with Gasteiger partial charge in [0.05, 0.1) is 30.8 Å². The number of ketones is 1. The van der Waals surface area contributed by atoms with Crippen molar-refractivity contribution in [2.75, 3.05) is 37.7 Å². The van der Waals surface area contributed by atoms with Gasteiger partial charge in [-0.05, 0) is 100 Å². The highest BCUT2D eigenvalue weighted by atomic mass is 19.3. The number of halogens is 2. The molecule has 6 fully saturated rings. The average molecular weight is 635 g/mol. The molecule has 2 aromatic heterocycles. The van der Waals surface area contributed by atoms with Gasteiger partial charge in [0, 0.05) is 31.1 Å². The van der Waals surface area contributed by atoms with Crippen molar-refractivity contribution in [3.63, 3.8) is 0 Å². The van der Waals surface area contributed by atoms with Gasteiger partial charge in [0.15, 0.2) is 5.82 Å². The van der Waals surface area contributed by atoms with Gasteiger partial charge in [0.25, 0.3) is 6.43 Å². The lowest BCUT2D eigenvalue weighted by Crippen LogP contribution is -2.59. The van der Waals surface area contributed by atoms with Crippen LogP contribution in [0.4, 0.5) is 14.7 Å². The summed E-state index contributed by atoms with van der Waals surface area (Å²) in [6.45, 7) is 2.79. The zero-order valence-corrected chi connectivity index (χ0v) is 26.4. The second-order valence-electron chi connectivity index (χ2n) is 14.6. The molecule has 3 heterocycles. The predicted molar refractivity (Wildman–Crippen MR) is 170 cm³/mol. The van der Waals surface area contributed by atoms with E-state index < -0.39 is 6.43 Å². The summed E-state index contributed by atoms with van der Waals surface area (Å²) < 4.78 is 41.8. The van der Waals surface area contributed by atoms with Crippen LogP contribution in [-0.4, -0.2) is 69.8 Å². The number of Topliss-reactive ketones (excluding diaryl/α,β-unsaturated/α-hetero) is 1. The Balaban J connectivity index is 0.931. The van der Waals surface area contributed by atoms with E-state index in [9.17, 15) is 13.6 Å². The first-order valence-corrected chi connectivity index (χ1v) is 17.3. The number of hydrogen-bond acceptors (Lipinski definition) is 8. The van der Waals surface area contributed by atoms with Gasteiger partial charge in [0.1, 0.15) is 17.7 Å². The Morgan fingerprint density at radius 3 is 2.37 bits per heavy atom. The van der Waals surface area contributed by atoms with Crippen molar-refractivity contribution < 1.29 is 23.0 Å². The summed E-state index contributed by atoms with van der Waals surface area (Å²) in [6, 6.07) is 8.73. The molecule has 6 aliphatic rings. The van der Waals surface area contributed by atoms with Gasteiger partial charge in [-0.3, -0.25) is 9.36 Å². The number of nitrogens with zero attached hydrogens (tertiary/aromatic N) is 5. The van der Waals surface area contributed by atoms with E-state index in [1.54, 1.807) is 30.3 Å². The molecule has 0 amide bonds. The lowest BCUT2D eigenvalue weighted by atomic mass is 9.53. The van der Waals surface area contributed by atoms with E-state index in [0.29, 0.717) is 79.6 Å². The smallest absolute Gasteiger partial charge is 0.296 e. The van der Waals surface area contributed by atoms with E-state index in [-0.39, 0.29) is 17.5 Å².